The van der Waals surface area contributed by atoms with Gasteiger partial charge in [-0.3, -0.25) is 28.4 Å². The number of fused-ring (bicyclic) bond motifs is 2. The molecule has 0 saturated carbocycles. The number of hydrogen-bond donors (Lipinski definition) is 0. The molecule has 1 aliphatic rings. The van der Waals surface area contributed by atoms with Crippen LogP contribution in [0.3, 0.4) is 0 Å². The predicted molar refractivity (Wildman–Crippen MR) is 106 cm³/mol. The van der Waals surface area contributed by atoms with Crippen LogP contribution in [0.4, 0.5) is 0 Å². The summed E-state index contributed by atoms with van der Waals surface area (Å²) < 4.78 is 3.84. The maximum Gasteiger partial charge on any atom is 0.332 e. The van der Waals surface area contributed by atoms with Crippen molar-refractivity contribution in [3.63, 3.8) is 0 Å². The van der Waals surface area contributed by atoms with E-state index < -0.39 is 11.2 Å². The van der Waals surface area contributed by atoms with Crippen LogP contribution >= 0.6 is 11.6 Å². The summed E-state index contributed by atoms with van der Waals surface area (Å²) >= 11 is 6.20. The highest BCUT2D eigenvalue weighted by molar-refractivity contribution is 6.29. The van der Waals surface area contributed by atoms with Gasteiger partial charge in [0.2, 0.25) is 5.28 Å². The van der Waals surface area contributed by atoms with Gasteiger partial charge in [0, 0.05) is 27.2 Å². The molecule has 0 unspecified atom stereocenters. The summed E-state index contributed by atoms with van der Waals surface area (Å²) in [5, 5.41) is 0.110. The number of carbonyl (C=O) groups excluding carboxylic acids is 2. The fraction of sp³-hybridized carbons (Fsp3) is 0.316. The fourth-order valence-corrected chi connectivity index (χ4v) is 3.86. The number of hydrogen-bond acceptors (Lipinski definition) is 5. The number of halogens is 1. The molecule has 2 aromatic heterocycles. The number of imide groups is 1. The molecule has 0 aliphatic carbocycles. The molecular formula is C19H18ClN5O4. The quantitative estimate of drug-likeness (QED) is 0.354. The predicted octanol–water partition coefficient (Wildman–Crippen LogP) is 1.16. The van der Waals surface area contributed by atoms with E-state index in [4.69, 9.17) is 11.6 Å². The molecule has 0 fully saturated rings. The van der Waals surface area contributed by atoms with E-state index in [1.807, 2.05) is 0 Å². The second-order valence-electron chi connectivity index (χ2n) is 6.93. The lowest BCUT2D eigenvalue weighted by molar-refractivity contribution is 0.0651. The second kappa shape index (κ2) is 7.00. The van der Waals surface area contributed by atoms with Crippen LogP contribution in [0.1, 0.15) is 33.6 Å². The van der Waals surface area contributed by atoms with Gasteiger partial charge in [-0.25, -0.2) is 4.79 Å². The van der Waals surface area contributed by atoms with E-state index in [-0.39, 0.29) is 34.8 Å². The van der Waals surface area contributed by atoms with Gasteiger partial charge in [0.15, 0.2) is 11.2 Å². The summed E-state index contributed by atoms with van der Waals surface area (Å²) in [4.78, 5) is 54.8. The molecule has 10 heteroatoms. The maximum atomic E-state index is 12.5. The van der Waals surface area contributed by atoms with E-state index in [2.05, 4.69) is 4.98 Å². The van der Waals surface area contributed by atoms with Crippen molar-refractivity contribution in [3.05, 3.63) is 61.5 Å². The normalized spacial score (nSPS) is 13.6. The summed E-state index contributed by atoms with van der Waals surface area (Å²) in [6.07, 6.45) is 1.10. The van der Waals surface area contributed by atoms with Crippen LogP contribution < -0.4 is 11.2 Å². The molecule has 1 aromatic carbocycles. The molecule has 4 rings (SSSR count). The van der Waals surface area contributed by atoms with Crippen LogP contribution in [0.15, 0.2) is 33.9 Å². The molecule has 1 aliphatic heterocycles. The number of aryl methyl sites for hydroxylation is 2. The Morgan fingerprint density at radius 2 is 1.48 bits per heavy atom. The Bertz CT molecular complexity index is 1250. The number of benzene rings is 1. The van der Waals surface area contributed by atoms with Crippen LogP contribution in [0.5, 0.6) is 0 Å². The minimum Gasteiger partial charge on any atom is -0.309 e. The van der Waals surface area contributed by atoms with Gasteiger partial charge >= 0.3 is 5.69 Å². The summed E-state index contributed by atoms with van der Waals surface area (Å²) in [5.74, 6) is -0.582. The summed E-state index contributed by atoms with van der Waals surface area (Å²) in [5.41, 5.74) is 0.372. The smallest absolute Gasteiger partial charge is 0.309 e. The molecular weight excluding hydrogens is 398 g/mol. The Balaban J connectivity index is 1.50. The van der Waals surface area contributed by atoms with Gasteiger partial charge in [-0.05, 0) is 36.6 Å². The first-order valence-electron chi connectivity index (χ1n) is 9.10. The zero-order valence-corrected chi connectivity index (χ0v) is 16.6. The van der Waals surface area contributed by atoms with Crippen LogP contribution in [0.2, 0.25) is 5.28 Å². The summed E-state index contributed by atoms with van der Waals surface area (Å²) in [6, 6.07) is 6.75. The molecule has 150 valence electrons. The molecule has 9 nitrogen and oxygen atoms in total. The molecule has 2 amide bonds. The third-order valence-electron chi connectivity index (χ3n) is 5.19. The first-order chi connectivity index (χ1) is 13.8. The van der Waals surface area contributed by atoms with Gasteiger partial charge in [-0.15, -0.1) is 0 Å². The molecule has 3 heterocycles. The Kier molecular flexibility index (Phi) is 4.62. The Labute approximate surface area is 169 Å². The fourth-order valence-electron chi connectivity index (χ4n) is 3.61. The number of imidazole rings is 1. The topological polar surface area (TPSA) is 99.2 Å². The van der Waals surface area contributed by atoms with Gasteiger partial charge in [0.05, 0.1) is 11.1 Å². The lowest BCUT2D eigenvalue weighted by Gasteiger charge is -2.14. The molecule has 0 radical (unpaired) electrons. The van der Waals surface area contributed by atoms with E-state index in [9.17, 15) is 19.2 Å². The van der Waals surface area contributed by atoms with Gasteiger partial charge < -0.3 is 4.57 Å². The molecule has 0 atom stereocenters. The van der Waals surface area contributed by atoms with Gasteiger partial charge in [0.1, 0.15) is 0 Å². The molecule has 0 N–H and O–H groups in total. The van der Waals surface area contributed by atoms with Crippen molar-refractivity contribution in [1.82, 2.24) is 23.6 Å². The molecule has 0 bridgehead atoms. The monoisotopic (exact) mass is 415 g/mol. The first-order valence-corrected chi connectivity index (χ1v) is 9.47. The lowest BCUT2D eigenvalue weighted by atomic mass is 10.1. The second-order valence-corrected chi connectivity index (χ2v) is 7.26. The van der Waals surface area contributed by atoms with Crippen LogP contribution in [-0.2, 0) is 20.6 Å². The van der Waals surface area contributed by atoms with E-state index in [0.717, 1.165) is 4.57 Å². The van der Waals surface area contributed by atoms with E-state index >= 15 is 0 Å². The highest BCUT2D eigenvalue weighted by Gasteiger charge is 2.34. The Morgan fingerprint density at radius 1 is 0.897 bits per heavy atom. The lowest BCUT2D eigenvalue weighted by Crippen LogP contribution is -2.37. The Hall–Kier alpha value is -3.20. The number of amides is 2. The number of carbonyl (C=O) groups is 2. The van der Waals surface area contributed by atoms with Crippen molar-refractivity contribution in [3.8, 4) is 0 Å². The van der Waals surface area contributed by atoms with Crippen molar-refractivity contribution in [2.75, 3.05) is 6.54 Å². The largest absolute Gasteiger partial charge is 0.332 e. The average Bonchev–Trinajstić information content (AvgIpc) is 3.17. The molecule has 3 aromatic rings. The maximum absolute atomic E-state index is 12.5. The van der Waals surface area contributed by atoms with Crippen molar-refractivity contribution in [2.24, 2.45) is 14.1 Å². The third kappa shape index (κ3) is 2.89. The van der Waals surface area contributed by atoms with E-state index in [0.29, 0.717) is 30.5 Å². The number of aromatic nitrogens is 4. The van der Waals surface area contributed by atoms with Gasteiger partial charge in [0.25, 0.3) is 17.4 Å². The van der Waals surface area contributed by atoms with Gasteiger partial charge in [-0.1, -0.05) is 12.1 Å². The minimum absolute atomic E-state index is 0.110. The molecule has 0 spiro atoms. The van der Waals surface area contributed by atoms with Crippen molar-refractivity contribution in [1.29, 1.82) is 0 Å². The zero-order chi connectivity index (χ0) is 20.9. The number of nitrogens with zero attached hydrogens (tertiary/aromatic N) is 5. The Morgan fingerprint density at radius 3 is 2.10 bits per heavy atom. The van der Waals surface area contributed by atoms with Crippen LogP contribution in [0, 0.1) is 0 Å². The van der Waals surface area contributed by atoms with Crippen LogP contribution in [0.25, 0.3) is 11.2 Å². The first kappa shape index (κ1) is 19.1. The average molecular weight is 416 g/mol. The summed E-state index contributed by atoms with van der Waals surface area (Å²) in [6.45, 7) is 0.638. The standard InChI is InChI=1S/C19H18ClN5O4/c1-22-14-13(17(28)23(2)19(22)29)24(18(20)21-14)9-5-6-10-25-15(26)11-7-3-4-8-12(11)16(25)27/h3-4,7-8H,5-6,9-10H2,1-2H3. The van der Waals surface area contributed by atoms with Crippen molar-refractivity contribution in [2.45, 2.75) is 19.4 Å². The van der Waals surface area contributed by atoms with E-state index in [1.54, 1.807) is 28.8 Å². The SMILES string of the molecule is Cn1c(=O)c2c(nc(Cl)n2CCCCN2C(=O)c3ccccc3C2=O)n(C)c1=O. The molecule has 29 heavy (non-hydrogen) atoms. The third-order valence-corrected chi connectivity index (χ3v) is 5.48. The molecule has 0 saturated heterocycles. The number of unbranched alkanes of at least 4 members (excludes halogenated alkanes) is 1. The highest BCUT2D eigenvalue weighted by Crippen LogP contribution is 2.23. The van der Waals surface area contributed by atoms with Gasteiger partial charge in [-0.2, -0.15) is 4.98 Å². The van der Waals surface area contributed by atoms with Crippen molar-refractivity contribution < 1.29 is 9.59 Å². The van der Waals surface area contributed by atoms with Crippen LogP contribution in [-0.4, -0.2) is 41.9 Å². The summed E-state index contributed by atoms with van der Waals surface area (Å²) in [7, 11) is 2.93. The zero-order valence-electron chi connectivity index (χ0n) is 15.9. The number of rotatable bonds is 5. The van der Waals surface area contributed by atoms with Crippen molar-refractivity contribution >= 4 is 34.6 Å². The highest BCUT2D eigenvalue weighted by atomic mass is 35.5. The minimum atomic E-state index is -0.477. The van der Waals surface area contributed by atoms with E-state index in [1.165, 1.54) is 23.6 Å².